The Hall–Kier alpha value is -4.84. The van der Waals surface area contributed by atoms with Crippen LogP contribution in [0.1, 0.15) is 42.9 Å². The van der Waals surface area contributed by atoms with Gasteiger partial charge in [-0.15, -0.1) is 17.9 Å². The fourth-order valence-electron chi connectivity index (χ4n) is 7.39. The summed E-state index contributed by atoms with van der Waals surface area (Å²) < 4.78 is 55.8. The van der Waals surface area contributed by atoms with Gasteiger partial charge in [-0.3, -0.25) is 4.90 Å². The Kier molecular flexibility index (Phi) is 9.54. The molecule has 15 heteroatoms. The Morgan fingerprint density at radius 3 is 2.78 bits per heavy atom. The summed E-state index contributed by atoms with van der Waals surface area (Å²) >= 11 is 7.83. The molecule has 3 aliphatic rings. The van der Waals surface area contributed by atoms with Gasteiger partial charge in [0.15, 0.2) is 11.6 Å². The average molecular weight is 735 g/mol. The second kappa shape index (κ2) is 14.1. The zero-order valence-corrected chi connectivity index (χ0v) is 29.2. The van der Waals surface area contributed by atoms with Crippen LogP contribution in [0.3, 0.4) is 0 Å². The maximum atomic E-state index is 16.8. The third-order valence-electron chi connectivity index (χ3n) is 9.63. The lowest BCUT2D eigenvalue weighted by Crippen LogP contribution is -2.33. The molecule has 0 spiro atoms. The maximum Gasteiger partial charge on any atom is 0.318 e. The van der Waals surface area contributed by atoms with Crippen molar-refractivity contribution in [3.8, 4) is 29.0 Å². The Balaban J connectivity index is 0.000000389. The van der Waals surface area contributed by atoms with Gasteiger partial charge in [-0.25, -0.2) is 18.2 Å². The third kappa shape index (κ3) is 6.03. The number of hydrogen-bond acceptors (Lipinski definition) is 11. The second-order valence-corrected chi connectivity index (χ2v) is 14.0. The molecule has 0 saturated carbocycles. The number of alkyl halides is 1. The van der Waals surface area contributed by atoms with Crippen LogP contribution in [0, 0.1) is 23.0 Å². The number of anilines is 3. The summed E-state index contributed by atoms with van der Waals surface area (Å²) in [5, 5.41) is 10.2. The van der Waals surface area contributed by atoms with E-state index in [-0.39, 0.29) is 66.1 Å². The number of methoxy groups -OCH3 is 1. The average Bonchev–Trinajstić information content (AvgIpc) is 3.77. The van der Waals surface area contributed by atoms with Gasteiger partial charge in [-0.1, -0.05) is 29.8 Å². The van der Waals surface area contributed by atoms with Crippen molar-refractivity contribution in [3.05, 3.63) is 70.9 Å². The van der Waals surface area contributed by atoms with Gasteiger partial charge >= 0.3 is 6.01 Å². The SMILES string of the molecule is C=CCC(c1cccnc1N)N1CCOc2c(Cl)c(-c3ccc(F)c4sc(N)c(C#N)c34)c(F)c3nc(OC)nc1c23.FC1CC2CCCN2C1. The number of rotatable bonds is 6. The molecule has 0 amide bonds. The first-order valence-electron chi connectivity index (χ1n) is 16.4. The number of ether oxygens (including phenoxy) is 2. The Bertz CT molecular complexity index is 2200. The van der Waals surface area contributed by atoms with E-state index >= 15 is 4.39 Å². The van der Waals surface area contributed by atoms with Crippen molar-refractivity contribution in [3.63, 3.8) is 0 Å². The molecule has 10 nitrogen and oxygen atoms in total. The molecule has 51 heavy (non-hydrogen) atoms. The summed E-state index contributed by atoms with van der Waals surface area (Å²) in [5.74, 6) is -0.639. The highest BCUT2D eigenvalue weighted by Crippen LogP contribution is 2.51. The lowest BCUT2D eigenvalue weighted by atomic mass is 9.96. The van der Waals surface area contributed by atoms with Crippen molar-refractivity contribution in [1.29, 1.82) is 5.26 Å². The van der Waals surface area contributed by atoms with E-state index in [0.717, 1.165) is 29.9 Å². The Morgan fingerprint density at radius 2 is 2.06 bits per heavy atom. The predicted molar refractivity (Wildman–Crippen MR) is 194 cm³/mol. The van der Waals surface area contributed by atoms with Gasteiger partial charge in [0.05, 0.1) is 40.4 Å². The fraction of sp³-hybridized carbons (Fsp3) is 0.333. The molecule has 0 bridgehead atoms. The van der Waals surface area contributed by atoms with Crippen molar-refractivity contribution in [1.82, 2.24) is 19.9 Å². The third-order valence-corrected chi connectivity index (χ3v) is 11.0. The van der Waals surface area contributed by atoms with Gasteiger partial charge in [-0.05, 0) is 49.9 Å². The molecule has 0 radical (unpaired) electrons. The zero-order chi connectivity index (χ0) is 36.0. The molecule has 6 heterocycles. The molecule has 5 aromatic rings. The summed E-state index contributed by atoms with van der Waals surface area (Å²) in [6.45, 7) is 6.21. The van der Waals surface area contributed by atoms with E-state index in [2.05, 4.69) is 26.4 Å². The van der Waals surface area contributed by atoms with Crippen LogP contribution >= 0.6 is 22.9 Å². The Labute approximate surface area is 301 Å². The summed E-state index contributed by atoms with van der Waals surface area (Å²) in [6, 6.07) is 8.30. The number of nitrogens with two attached hydrogens (primary N) is 2. The van der Waals surface area contributed by atoms with Crippen LogP contribution in [0.2, 0.25) is 5.02 Å². The van der Waals surface area contributed by atoms with Crippen molar-refractivity contribution in [2.75, 3.05) is 49.7 Å². The van der Waals surface area contributed by atoms with Crippen LogP contribution in [0.25, 0.3) is 32.1 Å². The van der Waals surface area contributed by atoms with E-state index in [1.54, 1.807) is 18.3 Å². The number of nitrogen functional groups attached to an aromatic ring is 2. The highest BCUT2D eigenvalue weighted by Gasteiger charge is 2.36. The molecule has 0 aliphatic carbocycles. The van der Waals surface area contributed by atoms with Crippen LogP contribution in [-0.4, -0.2) is 65.4 Å². The number of nitrogens with zero attached hydrogens (tertiary/aromatic N) is 6. The van der Waals surface area contributed by atoms with Crippen molar-refractivity contribution < 1.29 is 22.6 Å². The molecule has 8 rings (SSSR count). The molecule has 2 saturated heterocycles. The van der Waals surface area contributed by atoms with E-state index in [4.69, 9.17) is 32.5 Å². The first-order chi connectivity index (χ1) is 24.7. The first-order valence-corrected chi connectivity index (χ1v) is 17.6. The topological polar surface area (TPSA) is 139 Å². The summed E-state index contributed by atoms with van der Waals surface area (Å²) in [4.78, 5) is 17.4. The number of halogens is 4. The molecular formula is C36H34ClF3N8O2S. The molecule has 2 aromatic carbocycles. The van der Waals surface area contributed by atoms with E-state index < -0.39 is 23.8 Å². The van der Waals surface area contributed by atoms with Gasteiger partial charge in [0.1, 0.15) is 46.8 Å². The van der Waals surface area contributed by atoms with E-state index in [1.165, 1.54) is 32.1 Å². The number of benzene rings is 2. The van der Waals surface area contributed by atoms with E-state index in [9.17, 15) is 14.0 Å². The maximum absolute atomic E-state index is 16.8. The highest BCUT2D eigenvalue weighted by molar-refractivity contribution is 7.23. The van der Waals surface area contributed by atoms with Gasteiger partial charge in [0.2, 0.25) is 0 Å². The zero-order valence-electron chi connectivity index (χ0n) is 27.6. The number of aromatic nitrogens is 3. The van der Waals surface area contributed by atoms with E-state index in [0.29, 0.717) is 37.2 Å². The fourth-order valence-corrected chi connectivity index (χ4v) is 8.67. The standard InChI is InChI=1S/C29H22ClF2N7O2S.C7H12FN/c1-3-5-17(13-6-4-9-36-26(13)34)39-10-11-41-24-20-23(37-29(40-2)38-28(20)39)22(32)19(21(24)30)14-7-8-16(31)25-18(14)15(12-33)27(35)42-25;8-6-4-7-2-1-3-9(7)5-6/h3-4,6-9,17H,1,5,10-11,35H2,2H3,(H2,34,36);6-7H,1-5H2. The minimum absolute atomic E-state index is 0.0281. The number of hydrogen-bond donors (Lipinski definition) is 2. The van der Waals surface area contributed by atoms with Crippen molar-refractivity contribution in [2.45, 2.75) is 43.9 Å². The van der Waals surface area contributed by atoms with Crippen LogP contribution in [0.5, 0.6) is 11.8 Å². The molecule has 3 atom stereocenters. The van der Waals surface area contributed by atoms with E-state index in [1.807, 2.05) is 17.0 Å². The predicted octanol–water partition coefficient (Wildman–Crippen LogP) is 7.59. The summed E-state index contributed by atoms with van der Waals surface area (Å²) in [6.07, 6.45) is 6.61. The summed E-state index contributed by atoms with van der Waals surface area (Å²) in [7, 11) is 1.37. The monoisotopic (exact) mass is 734 g/mol. The molecule has 264 valence electrons. The van der Waals surface area contributed by atoms with Crippen molar-refractivity contribution in [2.24, 2.45) is 0 Å². The minimum Gasteiger partial charge on any atom is -0.489 e. The lowest BCUT2D eigenvalue weighted by molar-refractivity contribution is 0.292. The largest absolute Gasteiger partial charge is 0.489 e. The van der Waals surface area contributed by atoms with Gasteiger partial charge < -0.3 is 25.8 Å². The lowest BCUT2D eigenvalue weighted by Gasteiger charge is -2.32. The number of nitriles is 1. The second-order valence-electron chi connectivity index (χ2n) is 12.5. The highest BCUT2D eigenvalue weighted by atomic mass is 35.5. The van der Waals surface area contributed by atoms with Crippen LogP contribution < -0.4 is 25.8 Å². The van der Waals surface area contributed by atoms with Crippen molar-refractivity contribution >= 4 is 60.6 Å². The van der Waals surface area contributed by atoms with Gasteiger partial charge in [-0.2, -0.15) is 15.2 Å². The Morgan fingerprint density at radius 1 is 1.24 bits per heavy atom. The molecule has 3 aromatic heterocycles. The van der Waals surface area contributed by atoms with Crippen LogP contribution in [0.15, 0.2) is 43.1 Å². The minimum atomic E-state index is -0.825. The first kappa shape index (κ1) is 34.6. The molecule has 4 N–H and O–H groups in total. The summed E-state index contributed by atoms with van der Waals surface area (Å²) in [5.41, 5.74) is 13.0. The van der Waals surface area contributed by atoms with Crippen LogP contribution in [0.4, 0.5) is 29.8 Å². The molecular weight excluding hydrogens is 701 g/mol. The number of thiophene rings is 1. The quantitative estimate of drug-likeness (QED) is 0.168. The normalized spacial score (nSPS) is 18.8. The van der Waals surface area contributed by atoms with Gasteiger partial charge in [0, 0.05) is 35.3 Å². The smallest absolute Gasteiger partial charge is 0.318 e. The van der Waals surface area contributed by atoms with Crippen LogP contribution in [-0.2, 0) is 0 Å². The van der Waals surface area contributed by atoms with Gasteiger partial charge in [0.25, 0.3) is 0 Å². The number of fused-ring (bicyclic) bond motifs is 2. The molecule has 3 aliphatic heterocycles. The number of pyridine rings is 1. The molecule has 2 fully saturated rings. The molecule has 3 unspecified atom stereocenters.